The van der Waals surface area contributed by atoms with Crippen LogP contribution in [-0.4, -0.2) is 35.6 Å². The van der Waals surface area contributed by atoms with Crippen molar-refractivity contribution in [3.8, 4) is 0 Å². The molecule has 0 unspecified atom stereocenters. The van der Waals surface area contributed by atoms with E-state index in [4.69, 9.17) is 5.11 Å². The van der Waals surface area contributed by atoms with Crippen molar-refractivity contribution in [2.45, 2.75) is 0 Å². The molecule has 1 aromatic heterocycles. The summed E-state index contributed by atoms with van der Waals surface area (Å²) in [5.41, 5.74) is 0.791. The van der Waals surface area contributed by atoms with Gasteiger partial charge in [-0.05, 0) is 12.1 Å². The maximum absolute atomic E-state index is 11.2. The second-order valence-corrected chi connectivity index (χ2v) is 2.76. The zero-order valence-corrected chi connectivity index (χ0v) is 8.15. The van der Waals surface area contributed by atoms with E-state index in [0.29, 0.717) is 5.69 Å². The minimum Gasteiger partial charge on any atom is -0.480 e. The van der Waals surface area contributed by atoms with Gasteiger partial charge in [-0.2, -0.15) is 0 Å². The van der Waals surface area contributed by atoms with Crippen molar-refractivity contribution in [3.05, 3.63) is 24.0 Å². The number of carbonyl (C=O) groups is 2. The van der Waals surface area contributed by atoms with Gasteiger partial charge < -0.3 is 15.7 Å². The molecule has 0 spiro atoms. The summed E-state index contributed by atoms with van der Waals surface area (Å²) in [7, 11) is 1.50. The number of carboxylic acids is 1. The van der Waals surface area contributed by atoms with Crippen LogP contribution in [0.3, 0.4) is 0 Å². The molecule has 1 heterocycles. The highest BCUT2D eigenvalue weighted by atomic mass is 16.4. The predicted octanol–water partition coefficient (Wildman–Crippen LogP) is -0.0623. The van der Waals surface area contributed by atoms with Crippen molar-refractivity contribution in [2.75, 3.05) is 18.9 Å². The molecule has 0 aromatic carbocycles. The highest BCUT2D eigenvalue weighted by molar-refractivity contribution is 5.92. The number of anilines is 1. The van der Waals surface area contributed by atoms with Gasteiger partial charge in [0.15, 0.2) is 0 Å². The first-order valence-corrected chi connectivity index (χ1v) is 4.27. The van der Waals surface area contributed by atoms with Gasteiger partial charge in [0.05, 0.1) is 0 Å². The first-order valence-electron chi connectivity index (χ1n) is 4.27. The third kappa shape index (κ3) is 3.26. The Bertz CT molecular complexity index is 379. The van der Waals surface area contributed by atoms with Crippen LogP contribution < -0.4 is 10.6 Å². The van der Waals surface area contributed by atoms with Gasteiger partial charge in [-0.25, -0.2) is 0 Å². The number of amides is 1. The topological polar surface area (TPSA) is 91.3 Å². The molecule has 0 saturated heterocycles. The average molecular weight is 209 g/mol. The third-order valence-corrected chi connectivity index (χ3v) is 1.66. The standard InChI is InChI=1S/C9H11N3O3/c1-10-9(15)7-4-6(2-3-11-7)12-5-8(13)14/h2-4H,5H2,1H3,(H,10,15)(H,11,12)(H,13,14). The number of hydrogen-bond donors (Lipinski definition) is 3. The lowest BCUT2D eigenvalue weighted by Gasteiger charge is -2.04. The van der Waals surface area contributed by atoms with E-state index in [2.05, 4.69) is 15.6 Å². The number of pyridine rings is 1. The molecule has 0 atom stereocenters. The molecule has 6 heteroatoms. The van der Waals surface area contributed by atoms with Crippen molar-refractivity contribution >= 4 is 17.6 Å². The van der Waals surface area contributed by atoms with Crippen LogP contribution in [0.4, 0.5) is 5.69 Å². The summed E-state index contributed by atoms with van der Waals surface area (Å²) >= 11 is 0. The largest absolute Gasteiger partial charge is 0.480 e. The van der Waals surface area contributed by atoms with E-state index in [1.165, 1.54) is 19.3 Å². The number of aromatic nitrogens is 1. The number of rotatable bonds is 4. The maximum atomic E-state index is 11.2. The van der Waals surface area contributed by atoms with Crippen LogP contribution in [0.1, 0.15) is 10.5 Å². The molecule has 1 rings (SSSR count). The van der Waals surface area contributed by atoms with Crippen molar-refractivity contribution < 1.29 is 14.7 Å². The summed E-state index contributed by atoms with van der Waals surface area (Å²) in [5.74, 6) is -1.28. The van der Waals surface area contributed by atoms with E-state index in [0.717, 1.165) is 0 Å². The summed E-state index contributed by atoms with van der Waals surface area (Å²) in [4.78, 5) is 25.3. The summed E-state index contributed by atoms with van der Waals surface area (Å²) in [6, 6.07) is 3.08. The highest BCUT2D eigenvalue weighted by Gasteiger charge is 2.05. The molecule has 6 nitrogen and oxygen atoms in total. The Morgan fingerprint density at radius 2 is 2.27 bits per heavy atom. The fourth-order valence-electron chi connectivity index (χ4n) is 0.970. The lowest BCUT2D eigenvalue weighted by molar-refractivity contribution is -0.134. The molecule has 0 aliphatic heterocycles. The Morgan fingerprint density at radius 3 is 2.87 bits per heavy atom. The Kier molecular flexibility index (Phi) is 3.61. The van der Waals surface area contributed by atoms with Crippen molar-refractivity contribution in [2.24, 2.45) is 0 Å². The van der Waals surface area contributed by atoms with Gasteiger partial charge in [-0.15, -0.1) is 0 Å². The minimum atomic E-state index is -0.965. The lowest BCUT2D eigenvalue weighted by atomic mass is 10.3. The quantitative estimate of drug-likeness (QED) is 0.646. The molecule has 1 amide bonds. The first-order chi connectivity index (χ1) is 7.13. The molecule has 3 N–H and O–H groups in total. The molecule has 0 fully saturated rings. The normalized spacial score (nSPS) is 9.40. The SMILES string of the molecule is CNC(=O)c1cc(NCC(=O)O)ccn1. The van der Waals surface area contributed by atoms with Crippen LogP contribution in [0.2, 0.25) is 0 Å². The Balaban J connectivity index is 2.74. The van der Waals surface area contributed by atoms with Gasteiger partial charge in [0, 0.05) is 18.9 Å². The number of nitrogens with zero attached hydrogens (tertiary/aromatic N) is 1. The molecular formula is C9H11N3O3. The van der Waals surface area contributed by atoms with E-state index in [1.54, 1.807) is 6.07 Å². The highest BCUT2D eigenvalue weighted by Crippen LogP contribution is 2.07. The third-order valence-electron chi connectivity index (χ3n) is 1.66. The van der Waals surface area contributed by atoms with E-state index in [-0.39, 0.29) is 18.1 Å². The van der Waals surface area contributed by atoms with Gasteiger partial charge in [-0.1, -0.05) is 0 Å². The van der Waals surface area contributed by atoms with Crippen LogP contribution in [0.25, 0.3) is 0 Å². The van der Waals surface area contributed by atoms with Crippen LogP contribution >= 0.6 is 0 Å². The summed E-state index contributed by atoms with van der Waals surface area (Å²) in [6.07, 6.45) is 1.44. The van der Waals surface area contributed by atoms with Crippen LogP contribution in [0, 0.1) is 0 Å². The minimum absolute atomic E-state index is 0.197. The smallest absolute Gasteiger partial charge is 0.322 e. The second kappa shape index (κ2) is 4.94. The van der Waals surface area contributed by atoms with Gasteiger partial charge in [0.2, 0.25) is 0 Å². The molecule has 1 aromatic rings. The molecule has 0 aliphatic rings. The van der Waals surface area contributed by atoms with E-state index in [1.807, 2.05) is 0 Å². The molecule has 0 radical (unpaired) electrons. The number of hydrogen-bond acceptors (Lipinski definition) is 4. The fraction of sp³-hybridized carbons (Fsp3) is 0.222. The van der Waals surface area contributed by atoms with E-state index in [9.17, 15) is 9.59 Å². The second-order valence-electron chi connectivity index (χ2n) is 2.76. The van der Waals surface area contributed by atoms with Crippen molar-refractivity contribution in [1.29, 1.82) is 0 Å². The maximum Gasteiger partial charge on any atom is 0.322 e. The average Bonchev–Trinajstić information content (AvgIpc) is 2.25. The molecule has 0 bridgehead atoms. The number of nitrogens with one attached hydrogen (secondary N) is 2. The summed E-state index contributed by atoms with van der Waals surface area (Å²) in [6.45, 7) is -0.197. The van der Waals surface area contributed by atoms with Gasteiger partial charge >= 0.3 is 5.97 Å². The number of carboxylic acid groups (broad SMARTS) is 1. The van der Waals surface area contributed by atoms with Gasteiger partial charge in [0.1, 0.15) is 12.2 Å². The van der Waals surface area contributed by atoms with E-state index >= 15 is 0 Å². The zero-order valence-electron chi connectivity index (χ0n) is 8.15. The van der Waals surface area contributed by atoms with Crippen LogP contribution in [-0.2, 0) is 4.79 Å². The summed E-state index contributed by atoms with van der Waals surface area (Å²) < 4.78 is 0. The molecule has 80 valence electrons. The first kappa shape index (κ1) is 11.0. The predicted molar refractivity (Wildman–Crippen MR) is 53.8 cm³/mol. The van der Waals surface area contributed by atoms with Crippen LogP contribution in [0.5, 0.6) is 0 Å². The molecule has 0 saturated carbocycles. The van der Waals surface area contributed by atoms with Crippen LogP contribution in [0.15, 0.2) is 18.3 Å². The van der Waals surface area contributed by atoms with Crippen molar-refractivity contribution in [1.82, 2.24) is 10.3 Å². The Morgan fingerprint density at radius 1 is 1.53 bits per heavy atom. The van der Waals surface area contributed by atoms with E-state index < -0.39 is 5.97 Å². The Hall–Kier alpha value is -2.11. The number of aliphatic carboxylic acids is 1. The molecule has 15 heavy (non-hydrogen) atoms. The Labute approximate surface area is 86.3 Å². The van der Waals surface area contributed by atoms with Crippen molar-refractivity contribution in [3.63, 3.8) is 0 Å². The van der Waals surface area contributed by atoms with Gasteiger partial charge in [0.25, 0.3) is 5.91 Å². The number of carbonyl (C=O) groups excluding carboxylic acids is 1. The zero-order chi connectivity index (χ0) is 11.3. The summed E-state index contributed by atoms with van der Waals surface area (Å²) in [5, 5.41) is 13.5. The van der Waals surface area contributed by atoms with Gasteiger partial charge in [-0.3, -0.25) is 14.6 Å². The lowest BCUT2D eigenvalue weighted by Crippen LogP contribution is -2.19. The molecule has 0 aliphatic carbocycles. The fourth-order valence-corrected chi connectivity index (χ4v) is 0.970. The monoisotopic (exact) mass is 209 g/mol. The molecular weight excluding hydrogens is 198 g/mol.